The molecule has 0 radical (unpaired) electrons. The largest absolute Gasteiger partial charge is 0.248 e. The SMILES string of the molecule is CCCn1nnc(C#N)c1C1CC1. The Bertz CT molecular complexity index is 343. The second-order valence-electron chi connectivity index (χ2n) is 3.43. The molecule has 0 aliphatic heterocycles. The van der Waals surface area contributed by atoms with E-state index in [1.807, 2.05) is 4.68 Å². The van der Waals surface area contributed by atoms with Gasteiger partial charge in [-0.15, -0.1) is 5.10 Å². The fourth-order valence-corrected chi connectivity index (χ4v) is 1.54. The summed E-state index contributed by atoms with van der Waals surface area (Å²) in [6.07, 6.45) is 3.41. The third kappa shape index (κ3) is 1.42. The molecule has 1 aromatic rings. The van der Waals surface area contributed by atoms with E-state index < -0.39 is 0 Å². The molecule has 1 heterocycles. The molecule has 0 unspecified atom stereocenters. The minimum absolute atomic E-state index is 0.524. The van der Waals surface area contributed by atoms with Gasteiger partial charge in [0.25, 0.3) is 0 Å². The highest BCUT2D eigenvalue weighted by Gasteiger charge is 2.31. The van der Waals surface area contributed by atoms with Crippen molar-refractivity contribution in [3.05, 3.63) is 11.4 Å². The van der Waals surface area contributed by atoms with Gasteiger partial charge in [-0.1, -0.05) is 12.1 Å². The van der Waals surface area contributed by atoms with Crippen LogP contribution in [0.25, 0.3) is 0 Å². The smallest absolute Gasteiger partial charge is 0.186 e. The Hall–Kier alpha value is -1.37. The minimum Gasteiger partial charge on any atom is -0.248 e. The Balaban J connectivity index is 2.34. The Kier molecular flexibility index (Phi) is 2.01. The maximum atomic E-state index is 8.81. The lowest BCUT2D eigenvalue weighted by molar-refractivity contribution is 0.556. The van der Waals surface area contributed by atoms with Gasteiger partial charge >= 0.3 is 0 Å². The molecular formula is C9H12N4. The summed E-state index contributed by atoms with van der Waals surface area (Å²) in [4.78, 5) is 0. The molecule has 4 heteroatoms. The zero-order valence-electron chi connectivity index (χ0n) is 7.69. The molecule has 68 valence electrons. The third-order valence-electron chi connectivity index (χ3n) is 2.28. The zero-order chi connectivity index (χ0) is 9.26. The molecule has 0 N–H and O–H groups in total. The van der Waals surface area contributed by atoms with Crippen LogP contribution in [0.15, 0.2) is 0 Å². The van der Waals surface area contributed by atoms with Gasteiger partial charge in [-0.25, -0.2) is 4.68 Å². The predicted molar refractivity (Wildman–Crippen MR) is 47.0 cm³/mol. The average Bonchev–Trinajstić information content (AvgIpc) is 2.89. The van der Waals surface area contributed by atoms with E-state index in [0.29, 0.717) is 11.6 Å². The van der Waals surface area contributed by atoms with E-state index in [1.54, 1.807) is 0 Å². The lowest BCUT2D eigenvalue weighted by Crippen LogP contribution is -2.04. The average molecular weight is 176 g/mol. The first kappa shape index (κ1) is 8.24. The fraction of sp³-hybridized carbons (Fsp3) is 0.667. The van der Waals surface area contributed by atoms with Crippen molar-refractivity contribution in [2.45, 2.75) is 38.6 Å². The molecule has 2 rings (SSSR count). The highest BCUT2D eigenvalue weighted by atomic mass is 15.4. The van der Waals surface area contributed by atoms with Gasteiger partial charge in [0.05, 0.1) is 5.69 Å². The van der Waals surface area contributed by atoms with Gasteiger partial charge in [-0.3, -0.25) is 0 Å². The van der Waals surface area contributed by atoms with Gasteiger partial charge in [0, 0.05) is 12.5 Å². The Morgan fingerprint density at radius 1 is 1.62 bits per heavy atom. The maximum Gasteiger partial charge on any atom is 0.186 e. The Morgan fingerprint density at radius 2 is 2.38 bits per heavy atom. The van der Waals surface area contributed by atoms with Crippen molar-refractivity contribution >= 4 is 0 Å². The van der Waals surface area contributed by atoms with Crippen LogP contribution >= 0.6 is 0 Å². The normalized spacial score (nSPS) is 15.7. The van der Waals surface area contributed by atoms with Crippen molar-refractivity contribution in [3.63, 3.8) is 0 Å². The topological polar surface area (TPSA) is 54.5 Å². The molecule has 0 saturated heterocycles. The van der Waals surface area contributed by atoms with Crippen molar-refractivity contribution in [1.82, 2.24) is 15.0 Å². The van der Waals surface area contributed by atoms with Gasteiger partial charge in [0.15, 0.2) is 5.69 Å². The van der Waals surface area contributed by atoms with Crippen molar-refractivity contribution in [3.8, 4) is 6.07 Å². The summed E-state index contributed by atoms with van der Waals surface area (Å²) in [7, 11) is 0. The fourth-order valence-electron chi connectivity index (χ4n) is 1.54. The number of hydrogen-bond acceptors (Lipinski definition) is 3. The number of nitrogens with zero attached hydrogens (tertiary/aromatic N) is 4. The molecule has 1 saturated carbocycles. The quantitative estimate of drug-likeness (QED) is 0.700. The number of rotatable bonds is 3. The molecule has 0 bridgehead atoms. The van der Waals surface area contributed by atoms with Gasteiger partial charge in [0.1, 0.15) is 6.07 Å². The summed E-state index contributed by atoms with van der Waals surface area (Å²) in [5.74, 6) is 0.552. The Morgan fingerprint density at radius 3 is 2.92 bits per heavy atom. The van der Waals surface area contributed by atoms with Crippen LogP contribution in [0.5, 0.6) is 0 Å². The first-order valence-corrected chi connectivity index (χ1v) is 4.70. The van der Waals surface area contributed by atoms with Crippen LogP contribution < -0.4 is 0 Å². The van der Waals surface area contributed by atoms with E-state index in [2.05, 4.69) is 23.3 Å². The molecule has 0 amide bonds. The molecule has 0 spiro atoms. The zero-order valence-corrected chi connectivity index (χ0v) is 7.69. The molecule has 1 aliphatic rings. The van der Waals surface area contributed by atoms with Crippen LogP contribution in [0.1, 0.15) is 43.5 Å². The molecule has 1 fully saturated rings. The third-order valence-corrected chi connectivity index (χ3v) is 2.28. The van der Waals surface area contributed by atoms with E-state index in [9.17, 15) is 0 Å². The molecular weight excluding hydrogens is 164 g/mol. The summed E-state index contributed by atoms with van der Waals surface area (Å²) in [5, 5.41) is 16.7. The van der Waals surface area contributed by atoms with Crippen molar-refractivity contribution in [2.75, 3.05) is 0 Å². The molecule has 0 atom stereocenters. The predicted octanol–water partition coefficient (Wildman–Crippen LogP) is 1.44. The van der Waals surface area contributed by atoms with Crippen LogP contribution in [-0.2, 0) is 6.54 Å². The maximum absolute atomic E-state index is 8.81. The molecule has 0 aromatic carbocycles. The number of aryl methyl sites for hydroxylation is 1. The van der Waals surface area contributed by atoms with Crippen LogP contribution in [0.4, 0.5) is 0 Å². The summed E-state index contributed by atoms with van der Waals surface area (Å²) < 4.78 is 1.89. The van der Waals surface area contributed by atoms with Gasteiger partial charge in [-0.05, 0) is 19.3 Å². The number of nitriles is 1. The molecule has 13 heavy (non-hydrogen) atoms. The van der Waals surface area contributed by atoms with E-state index in [4.69, 9.17) is 5.26 Å². The van der Waals surface area contributed by atoms with Crippen molar-refractivity contribution in [2.24, 2.45) is 0 Å². The van der Waals surface area contributed by atoms with E-state index in [0.717, 1.165) is 18.7 Å². The van der Waals surface area contributed by atoms with Gasteiger partial charge in [-0.2, -0.15) is 5.26 Å². The minimum atomic E-state index is 0.524. The van der Waals surface area contributed by atoms with E-state index >= 15 is 0 Å². The summed E-state index contributed by atoms with van der Waals surface area (Å²) >= 11 is 0. The van der Waals surface area contributed by atoms with E-state index in [1.165, 1.54) is 12.8 Å². The summed E-state index contributed by atoms with van der Waals surface area (Å²) in [6, 6.07) is 2.10. The van der Waals surface area contributed by atoms with Crippen LogP contribution in [0.3, 0.4) is 0 Å². The first-order chi connectivity index (χ1) is 6.36. The van der Waals surface area contributed by atoms with Crippen LogP contribution in [-0.4, -0.2) is 15.0 Å². The summed E-state index contributed by atoms with van der Waals surface area (Å²) in [5.41, 5.74) is 1.58. The second kappa shape index (κ2) is 3.17. The van der Waals surface area contributed by atoms with Crippen LogP contribution in [0, 0.1) is 11.3 Å². The van der Waals surface area contributed by atoms with Crippen LogP contribution in [0.2, 0.25) is 0 Å². The standard InChI is InChI=1S/C9H12N4/c1-2-5-13-9(7-3-4-7)8(6-10)11-12-13/h7H,2-5H2,1H3. The molecule has 1 aromatic heterocycles. The molecule has 1 aliphatic carbocycles. The monoisotopic (exact) mass is 176 g/mol. The van der Waals surface area contributed by atoms with E-state index in [-0.39, 0.29) is 0 Å². The van der Waals surface area contributed by atoms with Crippen molar-refractivity contribution < 1.29 is 0 Å². The van der Waals surface area contributed by atoms with Gasteiger partial charge < -0.3 is 0 Å². The first-order valence-electron chi connectivity index (χ1n) is 4.70. The lowest BCUT2D eigenvalue weighted by Gasteiger charge is -2.01. The summed E-state index contributed by atoms with van der Waals surface area (Å²) in [6.45, 7) is 2.98. The lowest BCUT2D eigenvalue weighted by atomic mass is 10.2. The van der Waals surface area contributed by atoms with Gasteiger partial charge in [0.2, 0.25) is 0 Å². The highest BCUT2D eigenvalue weighted by Crippen LogP contribution is 2.40. The van der Waals surface area contributed by atoms with Crippen molar-refractivity contribution in [1.29, 1.82) is 5.26 Å². The highest BCUT2D eigenvalue weighted by molar-refractivity contribution is 5.30. The number of aromatic nitrogens is 3. The Labute approximate surface area is 77.2 Å². The second-order valence-corrected chi connectivity index (χ2v) is 3.43. The molecule has 4 nitrogen and oxygen atoms in total. The number of hydrogen-bond donors (Lipinski definition) is 0.